The van der Waals surface area contributed by atoms with Crippen LogP contribution in [0.4, 0.5) is 0 Å². The van der Waals surface area contributed by atoms with E-state index >= 15 is 0 Å². The Kier molecular flexibility index (Phi) is 10.8. The molecule has 2 aliphatic rings. The maximum Gasteiger partial charge on any atom is 0.326 e. The quantitative estimate of drug-likeness (QED) is 0.126. The van der Waals surface area contributed by atoms with Gasteiger partial charge in [0.15, 0.2) is 6.29 Å². The summed E-state index contributed by atoms with van der Waals surface area (Å²) in [5.74, 6) is -0.149. The summed E-state index contributed by atoms with van der Waals surface area (Å²) in [6.07, 6.45) is 1.91. The van der Waals surface area contributed by atoms with Crippen LogP contribution in [-0.4, -0.2) is 58.7 Å². The van der Waals surface area contributed by atoms with Crippen molar-refractivity contribution in [1.82, 2.24) is 24.2 Å². The minimum atomic E-state index is -3.84. The standard InChI is InChI=1S/C46H45N5O6S/c52-30-32-17-19-35(20-18-32)44-42(33-8-2-1-3-9-33)40(29-50-26-23-37(24-27-50)51-39-13-5-4-12-38(39)49-46(51)53)56-45(57-44)36-21-15-31(16-22-36)28-48-58(54,55)41-14-6-10-34-11-7-25-47-43(34)41/h1-22,25,37,40,42,44-45,48,52H,23-24,26-30H2,(H,49,53). The molecule has 9 rings (SSSR count). The second-order valence-electron chi connectivity index (χ2n) is 15.1. The molecule has 2 aliphatic heterocycles. The lowest BCUT2D eigenvalue weighted by Gasteiger charge is -2.45. The summed E-state index contributed by atoms with van der Waals surface area (Å²) >= 11 is 0. The number of hydrogen-bond donors (Lipinski definition) is 3. The predicted molar refractivity (Wildman–Crippen MR) is 222 cm³/mol. The van der Waals surface area contributed by atoms with Crippen molar-refractivity contribution in [2.24, 2.45) is 0 Å². The van der Waals surface area contributed by atoms with Crippen LogP contribution in [0.15, 0.2) is 149 Å². The molecular weight excluding hydrogens is 751 g/mol. The minimum Gasteiger partial charge on any atom is -0.392 e. The molecule has 4 atom stereocenters. The fraction of sp³-hybridized carbons (Fsp3) is 0.261. The van der Waals surface area contributed by atoms with E-state index in [0.717, 1.165) is 70.2 Å². The third-order valence-electron chi connectivity index (χ3n) is 11.6. The number of sulfonamides is 1. The largest absolute Gasteiger partial charge is 0.392 e. The van der Waals surface area contributed by atoms with Crippen molar-refractivity contribution in [3.8, 4) is 0 Å². The van der Waals surface area contributed by atoms with E-state index < -0.39 is 16.3 Å². The molecule has 12 heteroatoms. The lowest BCUT2D eigenvalue weighted by molar-refractivity contribution is -0.264. The van der Waals surface area contributed by atoms with Crippen LogP contribution in [0.25, 0.3) is 21.9 Å². The smallest absolute Gasteiger partial charge is 0.326 e. The first-order valence-corrected chi connectivity index (χ1v) is 21.2. The number of nitrogens with one attached hydrogen (secondary N) is 2. The first-order valence-electron chi connectivity index (χ1n) is 19.7. The number of piperidine rings is 1. The number of aliphatic hydroxyl groups excluding tert-OH is 1. The number of para-hydroxylation sites is 3. The summed E-state index contributed by atoms with van der Waals surface area (Å²) in [6, 6.07) is 42.6. The molecule has 0 spiro atoms. The number of likely N-dealkylation sites (tertiary alicyclic amines) is 1. The van der Waals surface area contributed by atoms with Crippen molar-refractivity contribution in [1.29, 1.82) is 0 Å². The van der Waals surface area contributed by atoms with Crippen LogP contribution in [-0.2, 0) is 32.6 Å². The Bertz CT molecular complexity index is 2670. The van der Waals surface area contributed by atoms with Gasteiger partial charge in [0.1, 0.15) is 4.90 Å². The second kappa shape index (κ2) is 16.4. The van der Waals surface area contributed by atoms with E-state index in [-0.39, 0.29) is 47.9 Å². The molecule has 5 aromatic carbocycles. The molecule has 0 bridgehead atoms. The molecule has 296 valence electrons. The van der Waals surface area contributed by atoms with E-state index in [4.69, 9.17) is 9.47 Å². The van der Waals surface area contributed by atoms with Crippen LogP contribution in [0.3, 0.4) is 0 Å². The van der Waals surface area contributed by atoms with Crippen LogP contribution in [0, 0.1) is 0 Å². The zero-order valence-electron chi connectivity index (χ0n) is 31.9. The van der Waals surface area contributed by atoms with E-state index in [9.17, 15) is 18.3 Å². The number of rotatable bonds is 11. The number of nitrogens with zero attached hydrogens (tertiary/aromatic N) is 3. The van der Waals surface area contributed by atoms with Gasteiger partial charge < -0.3 is 24.5 Å². The average Bonchev–Trinajstić information content (AvgIpc) is 3.61. The monoisotopic (exact) mass is 795 g/mol. The molecule has 2 saturated heterocycles. The zero-order chi connectivity index (χ0) is 39.6. The van der Waals surface area contributed by atoms with Gasteiger partial charge in [-0.1, -0.05) is 109 Å². The number of fused-ring (bicyclic) bond motifs is 2. The average molecular weight is 796 g/mol. The molecule has 2 aromatic heterocycles. The number of aliphatic hydroxyl groups is 1. The molecule has 4 unspecified atom stereocenters. The molecule has 2 fully saturated rings. The molecule has 7 aromatic rings. The Labute approximate surface area is 337 Å². The van der Waals surface area contributed by atoms with Crippen LogP contribution in [0.1, 0.15) is 65.0 Å². The number of aromatic amines is 1. The second-order valence-corrected chi connectivity index (χ2v) is 16.9. The van der Waals surface area contributed by atoms with Crippen molar-refractivity contribution in [3.63, 3.8) is 0 Å². The predicted octanol–water partition coefficient (Wildman–Crippen LogP) is 7.12. The molecule has 11 nitrogen and oxygen atoms in total. The molecule has 3 N–H and O–H groups in total. The molecule has 0 saturated carbocycles. The van der Waals surface area contributed by atoms with Crippen molar-refractivity contribution >= 4 is 32.0 Å². The van der Waals surface area contributed by atoms with E-state index in [0.29, 0.717) is 12.1 Å². The number of imidazole rings is 1. The lowest BCUT2D eigenvalue weighted by Crippen LogP contribution is -2.47. The van der Waals surface area contributed by atoms with Gasteiger partial charge in [0.25, 0.3) is 0 Å². The molecule has 0 radical (unpaired) electrons. The first kappa shape index (κ1) is 38.1. The fourth-order valence-corrected chi connectivity index (χ4v) is 9.75. The van der Waals surface area contributed by atoms with Gasteiger partial charge in [-0.05, 0) is 59.4 Å². The van der Waals surface area contributed by atoms with Gasteiger partial charge in [0.05, 0.1) is 35.4 Å². The highest BCUT2D eigenvalue weighted by Gasteiger charge is 2.43. The Morgan fingerprint density at radius 2 is 1.47 bits per heavy atom. The Morgan fingerprint density at radius 1 is 0.759 bits per heavy atom. The highest BCUT2D eigenvalue weighted by Crippen LogP contribution is 2.47. The van der Waals surface area contributed by atoms with Crippen LogP contribution in [0.2, 0.25) is 0 Å². The number of aromatic nitrogens is 3. The molecule has 58 heavy (non-hydrogen) atoms. The van der Waals surface area contributed by atoms with Gasteiger partial charge in [-0.3, -0.25) is 9.55 Å². The van der Waals surface area contributed by atoms with Gasteiger partial charge in [-0.15, -0.1) is 0 Å². The summed E-state index contributed by atoms with van der Waals surface area (Å²) in [7, 11) is -3.84. The van der Waals surface area contributed by atoms with Gasteiger partial charge >= 0.3 is 5.69 Å². The summed E-state index contributed by atoms with van der Waals surface area (Å²) in [6.45, 7) is 2.31. The molecule has 0 aliphatic carbocycles. The highest BCUT2D eigenvalue weighted by molar-refractivity contribution is 7.89. The highest BCUT2D eigenvalue weighted by atomic mass is 32.2. The number of hydrogen-bond acceptors (Lipinski definition) is 8. The van der Waals surface area contributed by atoms with Gasteiger partial charge in [0, 0.05) is 55.3 Å². The maximum absolute atomic E-state index is 13.4. The van der Waals surface area contributed by atoms with Gasteiger partial charge in [-0.2, -0.15) is 0 Å². The number of ether oxygens (including phenoxy) is 2. The minimum absolute atomic E-state index is 0.0513. The van der Waals surface area contributed by atoms with Crippen molar-refractivity contribution < 1.29 is 23.0 Å². The van der Waals surface area contributed by atoms with Gasteiger partial charge in [0.2, 0.25) is 10.0 Å². The van der Waals surface area contributed by atoms with Crippen LogP contribution < -0.4 is 10.4 Å². The molecular formula is C46H45N5O6S. The third kappa shape index (κ3) is 7.74. The summed E-state index contributed by atoms with van der Waals surface area (Å²) in [5.41, 5.74) is 6.65. The molecule has 4 heterocycles. The van der Waals surface area contributed by atoms with E-state index in [1.165, 1.54) is 0 Å². The Balaban J connectivity index is 0.970. The SMILES string of the molecule is O=c1[nH]c2ccccc2n1C1CCN(CC2OC(c3ccc(CNS(=O)(=O)c4cccc5cccnc45)cc3)OC(c3ccc(CO)cc3)C2c2ccccc2)CC1. The fourth-order valence-electron chi connectivity index (χ4n) is 8.56. The van der Waals surface area contributed by atoms with Crippen molar-refractivity contribution in [3.05, 3.63) is 178 Å². The topological polar surface area (TPSA) is 139 Å². The summed E-state index contributed by atoms with van der Waals surface area (Å²) in [5, 5.41) is 10.6. The Morgan fingerprint density at radius 3 is 2.24 bits per heavy atom. The van der Waals surface area contributed by atoms with Crippen molar-refractivity contribution in [2.45, 2.75) is 61.3 Å². The van der Waals surface area contributed by atoms with Crippen LogP contribution in [0.5, 0.6) is 0 Å². The number of benzene rings is 5. The first-order chi connectivity index (χ1) is 28.3. The van der Waals surface area contributed by atoms with E-state index in [1.54, 1.807) is 24.4 Å². The van der Waals surface area contributed by atoms with Gasteiger partial charge in [-0.25, -0.2) is 17.9 Å². The lowest BCUT2D eigenvalue weighted by atomic mass is 9.83. The Hall–Kier alpha value is -5.47. The third-order valence-corrected chi connectivity index (χ3v) is 13.0. The summed E-state index contributed by atoms with van der Waals surface area (Å²) in [4.78, 5) is 22.9. The maximum atomic E-state index is 13.4. The van der Waals surface area contributed by atoms with Crippen molar-refractivity contribution in [2.75, 3.05) is 19.6 Å². The van der Waals surface area contributed by atoms with Crippen LogP contribution >= 0.6 is 0 Å². The zero-order valence-corrected chi connectivity index (χ0v) is 32.7. The van der Waals surface area contributed by atoms with E-state index in [2.05, 4.69) is 31.7 Å². The number of pyridine rings is 1. The van der Waals surface area contributed by atoms with E-state index in [1.807, 2.05) is 108 Å². The molecule has 0 amide bonds. The number of H-pyrrole nitrogens is 1. The normalized spacial score (nSPS) is 20.8. The summed E-state index contributed by atoms with van der Waals surface area (Å²) < 4.78 is 45.4.